The fraction of sp³-hybridized carbons (Fsp3) is 0.0588. The van der Waals surface area contributed by atoms with Crippen LogP contribution in [-0.4, -0.2) is 14.6 Å². The van der Waals surface area contributed by atoms with Gasteiger partial charge in [0.15, 0.2) is 11.5 Å². The summed E-state index contributed by atoms with van der Waals surface area (Å²) in [5.41, 5.74) is 8.78. The molecule has 0 aliphatic carbocycles. The van der Waals surface area contributed by atoms with E-state index in [9.17, 15) is 0 Å². The first-order chi connectivity index (χ1) is 18.7. The minimum Gasteiger partial charge on any atom is -0.310 e. The maximum atomic E-state index is 4.76. The molecule has 2 aromatic heterocycles. The Morgan fingerprint density at radius 3 is 1.82 bits per heavy atom. The van der Waals surface area contributed by atoms with Crippen molar-refractivity contribution >= 4 is 44.4 Å². The fourth-order valence-corrected chi connectivity index (χ4v) is 5.53. The summed E-state index contributed by atoms with van der Waals surface area (Å²) in [6.07, 6.45) is 0. The lowest BCUT2D eigenvalue weighted by molar-refractivity contribution is 1.11. The number of fused-ring (bicyclic) bond motifs is 6. The van der Waals surface area contributed by atoms with Gasteiger partial charge >= 0.3 is 0 Å². The van der Waals surface area contributed by atoms with Gasteiger partial charge in [-0.25, -0.2) is 0 Å². The Hall–Kier alpha value is -4.96. The first kappa shape index (κ1) is 22.3. The van der Waals surface area contributed by atoms with Gasteiger partial charge in [0.1, 0.15) is 0 Å². The van der Waals surface area contributed by atoms with Crippen LogP contribution in [0.5, 0.6) is 0 Å². The smallest absolute Gasteiger partial charge is 0.169 e. The number of benzene rings is 5. The Kier molecular flexibility index (Phi) is 5.19. The number of aryl methyl sites for hydroxylation is 2. The van der Waals surface area contributed by atoms with Crippen molar-refractivity contribution in [1.29, 1.82) is 0 Å². The van der Waals surface area contributed by atoms with E-state index >= 15 is 0 Å². The van der Waals surface area contributed by atoms with E-state index in [4.69, 9.17) is 10.2 Å². The molecule has 4 nitrogen and oxygen atoms in total. The Balaban J connectivity index is 1.47. The summed E-state index contributed by atoms with van der Waals surface area (Å²) in [7, 11) is 0. The zero-order valence-corrected chi connectivity index (χ0v) is 21.3. The van der Waals surface area contributed by atoms with Crippen molar-refractivity contribution in [2.24, 2.45) is 0 Å². The normalized spacial score (nSPS) is 11.4. The largest absolute Gasteiger partial charge is 0.310 e. The number of aromatic nitrogens is 3. The summed E-state index contributed by atoms with van der Waals surface area (Å²) in [5, 5.41) is 13.0. The van der Waals surface area contributed by atoms with E-state index in [-0.39, 0.29) is 0 Å². The molecule has 0 saturated carbocycles. The minimum absolute atomic E-state index is 0.861. The van der Waals surface area contributed by atoms with E-state index in [0.717, 1.165) is 50.6 Å². The molecule has 2 heterocycles. The van der Waals surface area contributed by atoms with E-state index < -0.39 is 0 Å². The third kappa shape index (κ3) is 3.46. The number of hydrogen-bond acceptors (Lipinski definition) is 3. The molecular formula is C34H26N4. The maximum Gasteiger partial charge on any atom is 0.169 e. The second-order valence-electron chi connectivity index (χ2n) is 9.71. The summed E-state index contributed by atoms with van der Waals surface area (Å²) < 4.78 is 2.21. The van der Waals surface area contributed by atoms with Crippen molar-refractivity contribution in [3.05, 3.63) is 132 Å². The van der Waals surface area contributed by atoms with E-state index in [1.807, 2.05) is 0 Å². The Labute approximate surface area is 221 Å². The second-order valence-corrected chi connectivity index (χ2v) is 9.71. The van der Waals surface area contributed by atoms with Crippen LogP contribution in [-0.2, 0) is 0 Å². The van der Waals surface area contributed by atoms with E-state index in [1.54, 1.807) is 0 Å². The highest BCUT2D eigenvalue weighted by Gasteiger charge is 2.20. The second kappa shape index (κ2) is 8.86. The lowest BCUT2D eigenvalue weighted by Crippen LogP contribution is -2.11. The molecule has 0 fully saturated rings. The van der Waals surface area contributed by atoms with Gasteiger partial charge in [0.05, 0.1) is 5.52 Å². The van der Waals surface area contributed by atoms with Gasteiger partial charge in [-0.2, -0.15) is 0 Å². The predicted molar refractivity (Wildman–Crippen MR) is 158 cm³/mol. The highest BCUT2D eigenvalue weighted by molar-refractivity contribution is 6.12. The highest BCUT2D eigenvalue weighted by atomic mass is 15.2. The zero-order valence-electron chi connectivity index (χ0n) is 21.3. The molecule has 0 aliphatic heterocycles. The standard InChI is InChI=1S/C34H26N4/c1-23-22-32(37(25-13-5-3-6-14-25)26-15-7-4-8-16-26)24(2)21-30(23)34-36-35-33-29-19-10-9-17-27(29)28-18-11-12-20-31(28)38(33)34/h3-22H,1-2H3. The first-order valence-corrected chi connectivity index (χ1v) is 12.9. The van der Waals surface area contributed by atoms with Gasteiger partial charge < -0.3 is 4.90 Å². The number of hydrogen-bond donors (Lipinski definition) is 0. The Morgan fingerprint density at radius 2 is 1.13 bits per heavy atom. The van der Waals surface area contributed by atoms with Crippen LogP contribution in [0.2, 0.25) is 0 Å². The fourth-order valence-electron chi connectivity index (χ4n) is 5.53. The molecule has 0 aliphatic rings. The van der Waals surface area contributed by atoms with Crippen LogP contribution in [0.3, 0.4) is 0 Å². The Bertz CT molecular complexity index is 1900. The molecule has 0 spiro atoms. The number of nitrogens with zero attached hydrogens (tertiary/aromatic N) is 4. The summed E-state index contributed by atoms with van der Waals surface area (Å²) in [6.45, 7) is 4.34. The first-order valence-electron chi connectivity index (χ1n) is 12.9. The number of rotatable bonds is 4. The summed E-state index contributed by atoms with van der Waals surface area (Å²) in [4.78, 5) is 2.32. The molecule has 0 atom stereocenters. The summed E-state index contributed by atoms with van der Waals surface area (Å²) in [6, 6.07) is 42.5. The van der Waals surface area contributed by atoms with Gasteiger partial charge in [-0.3, -0.25) is 4.40 Å². The van der Waals surface area contributed by atoms with Crippen LogP contribution < -0.4 is 4.90 Å². The molecule has 4 heteroatoms. The molecule has 182 valence electrons. The van der Waals surface area contributed by atoms with Gasteiger partial charge in [-0.1, -0.05) is 78.9 Å². The van der Waals surface area contributed by atoms with Crippen LogP contribution in [0.4, 0.5) is 17.1 Å². The molecule has 0 radical (unpaired) electrons. The molecule has 0 bridgehead atoms. The van der Waals surface area contributed by atoms with Crippen molar-refractivity contribution in [2.75, 3.05) is 4.90 Å². The molecule has 38 heavy (non-hydrogen) atoms. The van der Waals surface area contributed by atoms with E-state index in [0.29, 0.717) is 0 Å². The van der Waals surface area contributed by atoms with Crippen molar-refractivity contribution in [2.45, 2.75) is 13.8 Å². The Morgan fingerprint density at radius 1 is 0.553 bits per heavy atom. The molecule has 0 N–H and O–H groups in total. The predicted octanol–water partition coefficient (Wildman–Crippen LogP) is 8.79. The average molecular weight is 491 g/mol. The monoisotopic (exact) mass is 490 g/mol. The molecule has 7 aromatic rings. The number of para-hydroxylation sites is 3. The minimum atomic E-state index is 0.861. The van der Waals surface area contributed by atoms with Gasteiger partial charge in [0.2, 0.25) is 0 Å². The van der Waals surface area contributed by atoms with Crippen molar-refractivity contribution in [1.82, 2.24) is 14.6 Å². The summed E-state index contributed by atoms with van der Waals surface area (Å²) >= 11 is 0. The van der Waals surface area contributed by atoms with E-state index in [2.05, 4.69) is 144 Å². The van der Waals surface area contributed by atoms with Gasteiger partial charge in [0.25, 0.3) is 0 Å². The molecule has 0 amide bonds. The molecule has 5 aromatic carbocycles. The average Bonchev–Trinajstić information content (AvgIpc) is 3.42. The number of pyridine rings is 1. The highest BCUT2D eigenvalue weighted by Crippen LogP contribution is 2.40. The van der Waals surface area contributed by atoms with Gasteiger partial charge in [-0.15, -0.1) is 10.2 Å². The maximum absolute atomic E-state index is 4.76. The molecule has 0 saturated heterocycles. The van der Waals surface area contributed by atoms with Crippen LogP contribution in [0.1, 0.15) is 11.1 Å². The van der Waals surface area contributed by atoms with Crippen LogP contribution in [0, 0.1) is 13.8 Å². The summed E-state index contributed by atoms with van der Waals surface area (Å²) in [5.74, 6) is 0.861. The third-order valence-corrected chi connectivity index (χ3v) is 7.32. The van der Waals surface area contributed by atoms with Crippen molar-refractivity contribution in [3.8, 4) is 11.4 Å². The quantitative estimate of drug-likeness (QED) is 0.231. The third-order valence-electron chi connectivity index (χ3n) is 7.32. The molecular weight excluding hydrogens is 464 g/mol. The van der Waals surface area contributed by atoms with Crippen LogP contribution >= 0.6 is 0 Å². The lowest BCUT2D eigenvalue weighted by Gasteiger charge is -2.28. The topological polar surface area (TPSA) is 33.4 Å². The molecule has 0 unspecified atom stereocenters. The lowest BCUT2D eigenvalue weighted by atomic mass is 10.0. The SMILES string of the molecule is Cc1cc(N(c2ccccc2)c2ccccc2)c(C)cc1-c1nnc2c3ccccc3c3ccccc3n12. The van der Waals surface area contributed by atoms with Gasteiger partial charge in [0, 0.05) is 33.4 Å². The van der Waals surface area contributed by atoms with Crippen LogP contribution in [0.15, 0.2) is 121 Å². The van der Waals surface area contributed by atoms with Crippen molar-refractivity contribution < 1.29 is 0 Å². The van der Waals surface area contributed by atoms with Crippen molar-refractivity contribution in [3.63, 3.8) is 0 Å². The number of anilines is 3. The van der Waals surface area contributed by atoms with E-state index in [1.165, 1.54) is 16.3 Å². The van der Waals surface area contributed by atoms with Crippen LogP contribution in [0.25, 0.3) is 38.7 Å². The molecule has 7 rings (SSSR count). The van der Waals surface area contributed by atoms with Gasteiger partial charge in [-0.05, 0) is 72.8 Å². The zero-order chi connectivity index (χ0) is 25.6.